The predicted molar refractivity (Wildman–Crippen MR) is 27.2 cm³/mol. The van der Waals surface area contributed by atoms with Crippen LogP contribution >= 0.6 is 0 Å². The van der Waals surface area contributed by atoms with Gasteiger partial charge in [-0.3, -0.25) is 4.79 Å². The van der Waals surface area contributed by atoms with Gasteiger partial charge in [-0.1, -0.05) is 0 Å². The van der Waals surface area contributed by atoms with Gasteiger partial charge in [0.1, 0.15) is 7.85 Å². The fourth-order valence-electron chi connectivity index (χ4n) is 0.249. The summed E-state index contributed by atoms with van der Waals surface area (Å²) in [4.78, 5) is 9.93. The van der Waals surface area contributed by atoms with Crippen molar-refractivity contribution in [2.75, 3.05) is 6.44 Å². The van der Waals surface area contributed by atoms with Gasteiger partial charge in [0, 0.05) is 6.92 Å². The summed E-state index contributed by atoms with van der Waals surface area (Å²) in [5, 5.41) is 2.57. The first-order valence-electron chi connectivity index (χ1n) is 2.01. The summed E-state index contributed by atoms with van der Waals surface area (Å²) in [5.41, 5.74) is 0. The van der Waals surface area contributed by atoms with Crippen molar-refractivity contribution in [2.24, 2.45) is 0 Å². The Kier molecular flexibility index (Phi) is 2.54. The van der Waals surface area contributed by atoms with Crippen molar-refractivity contribution in [3.05, 3.63) is 0 Å². The number of hydrogen-bond acceptors (Lipinski definition) is 1. The van der Waals surface area contributed by atoms with E-state index < -0.39 is 0 Å². The van der Waals surface area contributed by atoms with Gasteiger partial charge in [0.15, 0.2) is 0 Å². The molecule has 0 fully saturated rings. The van der Waals surface area contributed by atoms with Crippen LogP contribution in [0.15, 0.2) is 0 Å². The summed E-state index contributed by atoms with van der Waals surface area (Å²) >= 11 is 0. The molecule has 0 saturated carbocycles. The number of amides is 1. The van der Waals surface area contributed by atoms with Gasteiger partial charge in [0.2, 0.25) is 5.91 Å². The zero-order valence-electron chi connectivity index (χ0n) is 4.12. The van der Waals surface area contributed by atoms with Gasteiger partial charge in [-0.25, -0.2) is 0 Å². The summed E-state index contributed by atoms with van der Waals surface area (Å²) in [7, 11) is 1.89. The third-order valence-corrected chi connectivity index (χ3v) is 0.426. The molecule has 0 bridgehead atoms. The molecule has 0 aromatic carbocycles. The molecule has 0 radical (unpaired) electrons. The molecular formula is C3H8BNO. The van der Waals surface area contributed by atoms with Gasteiger partial charge >= 0.3 is 0 Å². The number of nitrogens with one attached hydrogen (secondary N) is 1. The molecular weight excluding hydrogens is 76.9 g/mol. The lowest BCUT2D eigenvalue weighted by atomic mass is 10.2. The van der Waals surface area contributed by atoms with Crippen molar-refractivity contribution in [3.8, 4) is 0 Å². The van der Waals surface area contributed by atoms with Crippen molar-refractivity contribution in [3.63, 3.8) is 0 Å². The first-order valence-corrected chi connectivity index (χ1v) is 2.01. The molecule has 1 N–H and O–H groups in total. The van der Waals surface area contributed by atoms with E-state index in [4.69, 9.17) is 0 Å². The normalized spacial score (nSPS) is 7.50. The van der Waals surface area contributed by atoms with Gasteiger partial charge in [0.25, 0.3) is 0 Å². The molecule has 0 heterocycles. The van der Waals surface area contributed by atoms with Crippen molar-refractivity contribution < 1.29 is 4.79 Å². The molecule has 6 heavy (non-hydrogen) atoms. The summed E-state index contributed by atoms with van der Waals surface area (Å²) in [5.74, 6) is 0.0394. The van der Waals surface area contributed by atoms with E-state index in [0.717, 1.165) is 6.44 Å². The van der Waals surface area contributed by atoms with E-state index in [2.05, 4.69) is 5.32 Å². The molecule has 1 amide bonds. The summed E-state index contributed by atoms with van der Waals surface area (Å²) in [6, 6.07) is 0. The Bertz CT molecular complexity index is 54.8. The molecule has 0 unspecified atom stereocenters. The number of carbonyl (C=O) groups excluding carboxylic acids is 1. The molecule has 0 atom stereocenters. The van der Waals surface area contributed by atoms with E-state index in [-0.39, 0.29) is 5.91 Å². The van der Waals surface area contributed by atoms with E-state index in [0.29, 0.717) is 0 Å². The van der Waals surface area contributed by atoms with Gasteiger partial charge in [-0.15, -0.1) is 0 Å². The highest BCUT2D eigenvalue weighted by Gasteiger charge is 1.79. The maximum absolute atomic E-state index is 9.93. The van der Waals surface area contributed by atoms with E-state index in [9.17, 15) is 4.79 Å². The van der Waals surface area contributed by atoms with Crippen molar-refractivity contribution >= 4 is 13.8 Å². The van der Waals surface area contributed by atoms with Crippen LogP contribution in [0.4, 0.5) is 0 Å². The number of carbonyl (C=O) groups is 1. The zero-order valence-corrected chi connectivity index (χ0v) is 4.12. The lowest BCUT2D eigenvalue weighted by Gasteiger charge is -1.88. The fraction of sp³-hybridized carbons (Fsp3) is 0.667. The van der Waals surface area contributed by atoms with Crippen LogP contribution in [-0.2, 0) is 4.79 Å². The van der Waals surface area contributed by atoms with Gasteiger partial charge < -0.3 is 5.32 Å². The van der Waals surface area contributed by atoms with Crippen molar-refractivity contribution in [1.82, 2.24) is 5.32 Å². The van der Waals surface area contributed by atoms with Crippen molar-refractivity contribution in [1.29, 1.82) is 0 Å². The Balaban J connectivity index is 2.83. The first kappa shape index (κ1) is 5.53. The van der Waals surface area contributed by atoms with E-state index in [1.807, 2.05) is 7.85 Å². The van der Waals surface area contributed by atoms with Crippen LogP contribution in [0.25, 0.3) is 0 Å². The molecule has 0 spiro atoms. The Hall–Kier alpha value is -0.465. The molecule has 0 aliphatic rings. The molecule has 3 heteroatoms. The monoisotopic (exact) mass is 85.1 g/mol. The molecule has 2 nitrogen and oxygen atoms in total. The molecule has 0 aliphatic heterocycles. The first-order chi connectivity index (χ1) is 2.77. The highest BCUT2D eigenvalue weighted by Crippen LogP contribution is 1.50. The third kappa shape index (κ3) is 3.53. The maximum atomic E-state index is 9.93. The standard InChI is InChI=1S/C3H8BNO/c1-3(6)5-2-4/h2,4H2,1H3,(H,5,6). The lowest BCUT2D eigenvalue weighted by Crippen LogP contribution is -2.20. The van der Waals surface area contributed by atoms with Gasteiger partial charge in [0.05, 0.1) is 0 Å². The quantitative estimate of drug-likeness (QED) is 0.394. The van der Waals surface area contributed by atoms with Crippen LogP contribution in [-0.4, -0.2) is 20.2 Å². The highest BCUT2D eigenvalue weighted by molar-refractivity contribution is 6.09. The lowest BCUT2D eigenvalue weighted by molar-refractivity contribution is -0.118. The minimum absolute atomic E-state index is 0.0394. The van der Waals surface area contributed by atoms with E-state index >= 15 is 0 Å². The van der Waals surface area contributed by atoms with Crippen LogP contribution in [0.1, 0.15) is 6.92 Å². The molecule has 0 aromatic rings. The average Bonchev–Trinajstić information content (AvgIpc) is 1.35. The van der Waals surface area contributed by atoms with Crippen LogP contribution in [0.3, 0.4) is 0 Å². The van der Waals surface area contributed by atoms with E-state index in [1.165, 1.54) is 6.92 Å². The van der Waals surface area contributed by atoms with Gasteiger partial charge in [-0.2, -0.15) is 0 Å². The fourth-order valence-corrected chi connectivity index (χ4v) is 0.249. The number of rotatable bonds is 1. The topological polar surface area (TPSA) is 29.1 Å². The molecule has 0 aliphatic carbocycles. The molecule has 0 rings (SSSR count). The Morgan fingerprint density at radius 1 is 2.00 bits per heavy atom. The second-order valence-electron chi connectivity index (χ2n) is 1.09. The minimum atomic E-state index is 0.0394. The zero-order chi connectivity index (χ0) is 4.99. The predicted octanol–water partition coefficient (Wildman–Crippen LogP) is -1.29. The summed E-state index contributed by atoms with van der Waals surface area (Å²) in [6.45, 7) is 1.50. The SMILES string of the molecule is BCNC(C)=O. The summed E-state index contributed by atoms with van der Waals surface area (Å²) < 4.78 is 0. The second kappa shape index (κ2) is 2.76. The Morgan fingerprint density at radius 2 is 2.50 bits per heavy atom. The average molecular weight is 84.9 g/mol. The Labute approximate surface area is 38.3 Å². The second-order valence-corrected chi connectivity index (χ2v) is 1.09. The molecule has 34 valence electrons. The van der Waals surface area contributed by atoms with Crippen LogP contribution in [0, 0.1) is 0 Å². The van der Waals surface area contributed by atoms with Gasteiger partial charge in [-0.05, 0) is 6.44 Å². The largest absolute Gasteiger partial charge is 0.365 e. The van der Waals surface area contributed by atoms with Crippen LogP contribution in [0.2, 0.25) is 0 Å². The summed E-state index contributed by atoms with van der Waals surface area (Å²) in [6.07, 6.45) is 0.731. The highest BCUT2D eigenvalue weighted by atomic mass is 16.1. The molecule has 0 aromatic heterocycles. The Morgan fingerprint density at radius 3 is 2.50 bits per heavy atom. The third-order valence-electron chi connectivity index (χ3n) is 0.426. The van der Waals surface area contributed by atoms with E-state index in [1.54, 1.807) is 0 Å². The van der Waals surface area contributed by atoms with Crippen molar-refractivity contribution in [2.45, 2.75) is 6.92 Å². The van der Waals surface area contributed by atoms with Crippen LogP contribution < -0.4 is 5.32 Å². The maximum Gasteiger partial charge on any atom is 0.216 e. The minimum Gasteiger partial charge on any atom is -0.365 e. The smallest absolute Gasteiger partial charge is 0.216 e. The number of hydrogen-bond donors (Lipinski definition) is 1. The van der Waals surface area contributed by atoms with Crippen LogP contribution in [0.5, 0.6) is 0 Å². The molecule has 0 saturated heterocycles.